The third-order valence-corrected chi connectivity index (χ3v) is 10.9. The third kappa shape index (κ3) is 8.10. The Kier molecular flexibility index (Phi) is 11.1. The van der Waals surface area contributed by atoms with Crippen molar-refractivity contribution in [2.45, 2.75) is 149 Å². The first-order valence-corrected chi connectivity index (χ1v) is 16.2. The van der Waals surface area contributed by atoms with Crippen molar-refractivity contribution in [3.8, 4) is 0 Å². The average Bonchev–Trinajstić information content (AvgIpc) is 2.90. The molecule has 0 nitrogen and oxygen atoms in total. The Bertz CT molecular complexity index is 677. The lowest BCUT2D eigenvalue weighted by Gasteiger charge is -2.41. The van der Waals surface area contributed by atoms with E-state index in [9.17, 15) is 0 Å². The molecule has 35 heavy (non-hydrogen) atoms. The summed E-state index contributed by atoms with van der Waals surface area (Å²) in [7, 11) is 0. The molecule has 1 atom stereocenters. The van der Waals surface area contributed by atoms with Crippen LogP contribution in [0.1, 0.15) is 153 Å². The highest BCUT2D eigenvalue weighted by molar-refractivity contribution is 5.25. The Morgan fingerprint density at radius 1 is 0.600 bits per heavy atom. The van der Waals surface area contributed by atoms with E-state index in [1.165, 1.54) is 76.2 Å². The molecule has 4 rings (SSSR count). The van der Waals surface area contributed by atoms with Gasteiger partial charge in [0.2, 0.25) is 0 Å². The molecule has 0 heteroatoms. The summed E-state index contributed by atoms with van der Waals surface area (Å²) in [5.41, 5.74) is 3.11. The Labute approximate surface area is 219 Å². The highest BCUT2D eigenvalue weighted by Crippen LogP contribution is 2.47. The van der Waals surface area contributed by atoms with Gasteiger partial charge in [0.1, 0.15) is 0 Å². The van der Waals surface area contributed by atoms with Crippen LogP contribution in [0.5, 0.6) is 0 Å². The number of hydrogen-bond acceptors (Lipinski definition) is 0. The van der Waals surface area contributed by atoms with Crippen LogP contribution in [0.15, 0.2) is 24.3 Å². The molecule has 0 spiro atoms. The minimum absolute atomic E-state index is 0.726. The van der Waals surface area contributed by atoms with Gasteiger partial charge in [0.15, 0.2) is 0 Å². The van der Waals surface area contributed by atoms with Crippen LogP contribution in [-0.2, 0) is 6.42 Å². The molecule has 0 amide bonds. The molecule has 0 N–H and O–H groups in total. The van der Waals surface area contributed by atoms with Crippen LogP contribution in [0.4, 0.5) is 0 Å². The molecule has 0 unspecified atom stereocenters. The van der Waals surface area contributed by atoms with Gasteiger partial charge < -0.3 is 0 Å². The fourth-order valence-electron chi connectivity index (χ4n) is 8.57. The van der Waals surface area contributed by atoms with Gasteiger partial charge in [-0.15, -0.1) is 0 Å². The second kappa shape index (κ2) is 14.2. The number of aryl methyl sites for hydroxylation is 1. The van der Waals surface area contributed by atoms with E-state index in [0.717, 1.165) is 41.4 Å². The molecule has 0 heterocycles. The normalized spacial score (nSPS) is 32.9. The van der Waals surface area contributed by atoms with E-state index in [2.05, 4.69) is 45.0 Å². The van der Waals surface area contributed by atoms with Gasteiger partial charge in [0, 0.05) is 0 Å². The lowest BCUT2D eigenvalue weighted by Crippen LogP contribution is -2.30. The van der Waals surface area contributed by atoms with Crippen LogP contribution in [0.25, 0.3) is 0 Å². The maximum absolute atomic E-state index is 2.48. The van der Waals surface area contributed by atoms with Crippen molar-refractivity contribution in [2.24, 2.45) is 35.5 Å². The van der Waals surface area contributed by atoms with E-state index in [1.807, 2.05) is 0 Å². The Balaban J connectivity index is 1.13. The molecule has 1 aromatic rings. The van der Waals surface area contributed by atoms with Gasteiger partial charge in [-0.05, 0) is 123 Å². The van der Waals surface area contributed by atoms with Crippen molar-refractivity contribution >= 4 is 0 Å². The summed E-state index contributed by atoms with van der Waals surface area (Å²) in [4.78, 5) is 0. The van der Waals surface area contributed by atoms with Crippen molar-refractivity contribution in [3.05, 3.63) is 35.4 Å². The number of benzene rings is 1. The third-order valence-electron chi connectivity index (χ3n) is 10.9. The second-order valence-electron chi connectivity index (χ2n) is 13.4. The lowest BCUT2D eigenvalue weighted by atomic mass is 9.64. The molecular formula is C35H58. The quantitative estimate of drug-likeness (QED) is 0.277. The first-order valence-electron chi connectivity index (χ1n) is 16.2. The van der Waals surface area contributed by atoms with Crippen LogP contribution in [0.2, 0.25) is 0 Å². The fraction of sp³-hybridized carbons (Fsp3) is 0.829. The van der Waals surface area contributed by atoms with E-state index in [4.69, 9.17) is 0 Å². The number of hydrogen-bond donors (Lipinski definition) is 0. The molecule has 0 aromatic heterocycles. The average molecular weight is 479 g/mol. The highest BCUT2D eigenvalue weighted by Gasteiger charge is 2.34. The topological polar surface area (TPSA) is 0 Å². The van der Waals surface area contributed by atoms with Crippen molar-refractivity contribution in [1.29, 1.82) is 0 Å². The highest BCUT2D eigenvalue weighted by atomic mass is 14.4. The second-order valence-corrected chi connectivity index (χ2v) is 13.4. The summed E-state index contributed by atoms with van der Waals surface area (Å²) >= 11 is 0. The van der Waals surface area contributed by atoms with Gasteiger partial charge in [0.25, 0.3) is 0 Å². The van der Waals surface area contributed by atoms with Gasteiger partial charge in [0.05, 0.1) is 0 Å². The van der Waals surface area contributed by atoms with Crippen LogP contribution < -0.4 is 0 Å². The molecule has 0 bridgehead atoms. The summed E-state index contributed by atoms with van der Waals surface area (Å²) in [6.45, 7) is 7.15. The van der Waals surface area contributed by atoms with Crippen LogP contribution in [-0.4, -0.2) is 0 Å². The van der Waals surface area contributed by atoms with E-state index >= 15 is 0 Å². The molecule has 0 aliphatic heterocycles. The molecule has 3 aliphatic carbocycles. The standard InChI is InChI=1S/C35H58/c1-4-6-7-9-29-10-16-31(17-11-29)27(3)26-30-14-20-33(21-15-30)35-24-22-34(23-25-35)32-18-12-28(8-5-2)13-19-32/h10-11,16-17,27-28,30,32-35H,4-9,12-15,18-26H2,1-3H3/t27-,28?,30?,32?,33?,34?,35?/m1/s1. The van der Waals surface area contributed by atoms with E-state index < -0.39 is 0 Å². The molecule has 0 radical (unpaired) electrons. The van der Waals surface area contributed by atoms with Crippen molar-refractivity contribution < 1.29 is 0 Å². The fourth-order valence-corrected chi connectivity index (χ4v) is 8.57. The molecule has 3 saturated carbocycles. The minimum atomic E-state index is 0.726. The zero-order chi connectivity index (χ0) is 24.5. The molecular weight excluding hydrogens is 420 g/mol. The van der Waals surface area contributed by atoms with Crippen molar-refractivity contribution in [2.75, 3.05) is 0 Å². The van der Waals surface area contributed by atoms with Gasteiger partial charge in [-0.3, -0.25) is 0 Å². The van der Waals surface area contributed by atoms with Crippen molar-refractivity contribution in [1.82, 2.24) is 0 Å². The van der Waals surface area contributed by atoms with Crippen molar-refractivity contribution in [3.63, 3.8) is 0 Å². The zero-order valence-corrected chi connectivity index (χ0v) is 23.8. The van der Waals surface area contributed by atoms with Crippen LogP contribution >= 0.6 is 0 Å². The first-order chi connectivity index (χ1) is 17.2. The number of rotatable bonds is 11. The first kappa shape index (κ1) is 27.3. The smallest absolute Gasteiger partial charge is 0.0188 e. The van der Waals surface area contributed by atoms with Gasteiger partial charge in [-0.1, -0.05) is 96.4 Å². The minimum Gasteiger partial charge on any atom is -0.0654 e. The SMILES string of the molecule is CCCCCc1ccc([C@H](C)CC2CCC(C3CCC(C4CCC(CCC)CC4)CC3)CC2)cc1. The zero-order valence-electron chi connectivity index (χ0n) is 23.8. The molecule has 0 saturated heterocycles. The summed E-state index contributed by atoms with van der Waals surface area (Å²) in [6, 6.07) is 9.69. The van der Waals surface area contributed by atoms with E-state index in [-0.39, 0.29) is 0 Å². The Hall–Kier alpha value is -0.780. The van der Waals surface area contributed by atoms with E-state index in [0.29, 0.717) is 0 Å². The maximum atomic E-state index is 2.48. The molecule has 198 valence electrons. The maximum Gasteiger partial charge on any atom is -0.0188 e. The van der Waals surface area contributed by atoms with E-state index in [1.54, 1.807) is 56.9 Å². The molecule has 3 aliphatic rings. The van der Waals surface area contributed by atoms with Gasteiger partial charge >= 0.3 is 0 Å². The summed E-state index contributed by atoms with van der Waals surface area (Å²) < 4.78 is 0. The summed E-state index contributed by atoms with van der Waals surface area (Å²) in [5.74, 6) is 7.08. The monoisotopic (exact) mass is 478 g/mol. The lowest BCUT2D eigenvalue weighted by molar-refractivity contribution is 0.102. The summed E-state index contributed by atoms with van der Waals surface area (Å²) in [6.07, 6.45) is 28.1. The Morgan fingerprint density at radius 3 is 1.57 bits per heavy atom. The predicted octanol–water partition coefficient (Wildman–Crippen LogP) is 11.1. The van der Waals surface area contributed by atoms with Gasteiger partial charge in [-0.25, -0.2) is 0 Å². The largest absolute Gasteiger partial charge is 0.0654 e. The summed E-state index contributed by atoms with van der Waals surface area (Å²) in [5, 5.41) is 0. The van der Waals surface area contributed by atoms with Crippen LogP contribution in [0.3, 0.4) is 0 Å². The van der Waals surface area contributed by atoms with Crippen LogP contribution in [0, 0.1) is 35.5 Å². The van der Waals surface area contributed by atoms with Gasteiger partial charge in [-0.2, -0.15) is 0 Å². The number of unbranched alkanes of at least 4 members (excludes halogenated alkanes) is 2. The molecule has 1 aromatic carbocycles. The Morgan fingerprint density at radius 2 is 1.09 bits per heavy atom. The molecule has 3 fully saturated rings. The predicted molar refractivity (Wildman–Crippen MR) is 154 cm³/mol.